The highest BCUT2D eigenvalue weighted by Crippen LogP contribution is 2.32. The third-order valence-corrected chi connectivity index (χ3v) is 4.47. The largest absolute Gasteiger partial charge is 0.370 e. The van der Waals surface area contributed by atoms with Crippen molar-refractivity contribution in [3.05, 3.63) is 78.4 Å². The molecule has 0 aliphatic heterocycles. The number of carbonyl (C=O) groups excluding carboxylic acids is 1. The molecule has 0 fully saturated rings. The number of aromatic nitrogens is 1. The molecule has 0 aliphatic rings. The first-order valence-corrected chi connectivity index (χ1v) is 11.4. The van der Waals surface area contributed by atoms with Gasteiger partial charge in [0.05, 0.1) is 23.0 Å². The van der Waals surface area contributed by atoms with Crippen LogP contribution in [0.3, 0.4) is 0 Å². The van der Waals surface area contributed by atoms with Crippen LogP contribution in [-0.2, 0) is 21.3 Å². The molecular weight excluding hydrogens is 414 g/mol. The Morgan fingerprint density at radius 1 is 0.935 bits per heavy atom. The third kappa shape index (κ3) is 6.50. The zero-order valence-corrected chi connectivity index (χ0v) is 17.8. The Labute approximate surface area is 180 Å². The lowest BCUT2D eigenvalue weighted by Gasteiger charge is -2.13. The Kier molecular flexibility index (Phi) is 6.84. The summed E-state index contributed by atoms with van der Waals surface area (Å²) in [5, 5.41) is 5.72. The molecule has 1 aromatic heterocycles. The second-order valence-corrected chi connectivity index (χ2v) is 8.51. The van der Waals surface area contributed by atoms with Crippen LogP contribution in [0.4, 0.5) is 11.4 Å². The average molecular weight is 438 g/mol. The summed E-state index contributed by atoms with van der Waals surface area (Å²) in [5.74, 6) is -0.276. The molecule has 4 aromatic rings. The number of nitrogens with two attached hydrogens (primary N) is 1. The first-order chi connectivity index (χ1) is 14.7. The first-order valence-electron chi connectivity index (χ1n) is 9.55. The minimum atomic E-state index is -3.67. The maximum Gasteiger partial charge on any atom is 0.261 e. The van der Waals surface area contributed by atoms with Crippen molar-refractivity contribution in [1.29, 1.82) is 0 Å². The van der Waals surface area contributed by atoms with Crippen LogP contribution < -0.4 is 11.1 Å². The number of rotatable bonds is 5. The van der Waals surface area contributed by atoms with Crippen molar-refractivity contribution in [3.8, 4) is 0 Å². The summed E-state index contributed by atoms with van der Waals surface area (Å²) < 4.78 is 25.9. The lowest BCUT2D eigenvalue weighted by molar-refractivity contribution is -0.117. The molecule has 7 nitrogen and oxygen atoms in total. The summed E-state index contributed by atoms with van der Waals surface area (Å²) in [5.41, 5.74) is 10.3. The molecule has 31 heavy (non-hydrogen) atoms. The average Bonchev–Trinajstić information content (AvgIpc) is 2.72. The van der Waals surface area contributed by atoms with E-state index in [1.165, 1.54) is 0 Å². The Morgan fingerprint density at radius 2 is 1.42 bits per heavy atom. The van der Waals surface area contributed by atoms with Crippen LogP contribution in [-0.4, -0.2) is 30.1 Å². The molecular formula is C23H23N3O4S. The number of aryl methyl sites for hydroxylation is 1. The van der Waals surface area contributed by atoms with Gasteiger partial charge in [-0.1, -0.05) is 48.5 Å². The standard InChI is InChI=1S/C22H19N3O.CH4O3S/c23-21(26)14-11-15-9-12-16(13-10-15)24-22-17-5-1-3-7-19(17)25-20-8-4-2-6-18(20)22;1-5(2,3)4/h1-10,12-13H,11,14H2,(H2,23,26)(H,24,25);1H3,(H,2,3,4). The van der Waals surface area contributed by atoms with Gasteiger partial charge in [0.1, 0.15) is 0 Å². The number of nitrogens with zero attached hydrogens (tertiary/aromatic N) is 1. The van der Waals surface area contributed by atoms with E-state index in [0.717, 1.165) is 38.7 Å². The summed E-state index contributed by atoms with van der Waals surface area (Å²) in [6.45, 7) is 0. The highest BCUT2D eigenvalue weighted by Gasteiger charge is 2.09. The summed E-state index contributed by atoms with van der Waals surface area (Å²) >= 11 is 0. The molecule has 4 N–H and O–H groups in total. The van der Waals surface area contributed by atoms with Gasteiger partial charge in [0, 0.05) is 22.9 Å². The van der Waals surface area contributed by atoms with E-state index in [1.54, 1.807) is 0 Å². The molecule has 160 valence electrons. The van der Waals surface area contributed by atoms with Gasteiger partial charge in [-0.15, -0.1) is 0 Å². The molecule has 0 unspecified atom stereocenters. The smallest absolute Gasteiger partial charge is 0.261 e. The minimum absolute atomic E-state index is 0.276. The van der Waals surface area contributed by atoms with E-state index >= 15 is 0 Å². The maximum absolute atomic E-state index is 10.9. The molecule has 8 heteroatoms. The molecule has 1 amide bonds. The molecule has 0 aliphatic carbocycles. The first kappa shape index (κ1) is 22.2. The van der Waals surface area contributed by atoms with Gasteiger partial charge in [-0.05, 0) is 36.2 Å². The fourth-order valence-corrected chi connectivity index (χ4v) is 3.14. The number of nitrogens with one attached hydrogen (secondary N) is 1. The second-order valence-electron chi connectivity index (χ2n) is 7.04. The van der Waals surface area contributed by atoms with E-state index in [1.807, 2.05) is 60.7 Å². The highest BCUT2D eigenvalue weighted by atomic mass is 32.2. The Hall–Kier alpha value is -3.49. The van der Waals surface area contributed by atoms with E-state index in [2.05, 4.69) is 17.4 Å². The van der Waals surface area contributed by atoms with Gasteiger partial charge >= 0.3 is 0 Å². The van der Waals surface area contributed by atoms with Crippen LogP contribution in [0, 0.1) is 0 Å². The number of benzene rings is 3. The van der Waals surface area contributed by atoms with E-state index in [9.17, 15) is 13.2 Å². The van der Waals surface area contributed by atoms with Gasteiger partial charge in [0.25, 0.3) is 10.1 Å². The Balaban J connectivity index is 0.000000491. The van der Waals surface area contributed by atoms with Crippen molar-refractivity contribution in [1.82, 2.24) is 4.98 Å². The molecule has 0 saturated carbocycles. The third-order valence-electron chi connectivity index (χ3n) is 4.47. The summed E-state index contributed by atoms with van der Waals surface area (Å²) in [4.78, 5) is 15.7. The fraction of sp³-hybridized carbons (Fsp3) is 0.130. The van der Waals surface area contributed by atoms with Crippen LogP contribution >= 0.6 is 0 Å². The highest BCUT2D eigenvalue weighted by molar-refractivity contribution is 7.85. The monoisotopic (exact) mass is 437 g/mol. The summed E-state index contributed by atoms with van der Waals surface area (Å²) in [6.07, 6.45) is 1.75. The zero-order valence-electron chi connectivity index (χ0n) is 16.9. The van der Waals surface area contributed by atoms with Gasteiger partial charge < -0.3 is 11.1 Å². The number of fused-ring (bicyclic) bond motifs is 2. The van der Waals surface area contributed by atoms with Crippen molar-refractivity contribution in [2.24, 2.45) is 5.73 Å². The van der Waals surface area contributed by atoms with Crippen LogP contribution in [0.5, 0.6) is 0 Å². The van der Waals surface area contributed by atoms with Crippen LogP contribution in [0.2, 0.25) is 0 Å². The number of carbonyl (C=O) groups is 1. The van der Waals surface area contributed by atoms with Gasteiger partial charge in [-0.25, -0.2) is 4.98 Å². The van der Waals surface area contributed by atoms with Gasteiger partial charge in [-0.3, -0.25) is 9.35 Å². The number of anilines is 2. The van der Waals surface area contributed by atoms with Crippen LogP contribution in [0.15, 0.2) is 72.8 Å². The molecule has 3 aromatic carbocycles. The fourth-order valence-electron chi connectivity index (χ4n) is 3.14. The van der Waals surface area contributed by atoms with Gasteiger partial charge in [0.15, 0.2) is 0 Å². The molecule has 4 rings (SSSR count). The van der Waals surface area contributed by atoms with Crippen molar-refractivity contribution >= 4 is 49.2 Å². The van der Waals surface area contributed by atoms with Gasteiger partial charge in [-0.2, -0.15) is 8.42 Å². The molecule has 0 saturated heterocycles. The molecule has 0 bridgehead atoms. The van der Waals surface area contributed by atoms with Crippen molar-refractivity contribution in [2.45, 2.75) is 12.8 Å². The number of primary amides is 1. The maximum atomic E-state index is 10.9. The minimum Gasteiger partial charge on any atom is -0.370 e. The lowest BCUT2D eigenvalue weighted by atomic mass is 10.1. The van der Waals surface area contributed by atoms with Crippen LogP contribution in [0.25, 0.3) is 21.8 Å². The predicted octanol–water partition coefficient (Wildman–Crippen LogP) is 4.05. The Morgan fingerprint density at radius 3 is 1.90 bits per heavy atom. The van der Waals surface area contributed by atoms with Gasteiger partial charge in [0.2, 0.25) is 5.91 Å². The lowest BCUT2D eigenvalue weighted by Crippen LogP contribution is -2.11. The van der Waals surface area contributed by atoms with Crippen molar-refractivity contribution < 1.29 is 17.8 Å². The number of pyridine rings is 1. The van der Waals surface area contributed by atoms with Crippen LogP contribution in [0.1, 0.15) is 12.0 Å². The normalized spacial score (nSPS) is 11.0. The number of hydrogen-bond donors (Lipinski definition) is 3. The molecule has 1 heterocycles. The second kappa shape index (κ2) is 9.55. The van der Waals surface area contributed by atoms with Crippen molar-refractivity contribution in [3.63, 3.8) is 0 Å². The summed E-state index contributed by atoms with van der Waals surface area (Å²) in [7, 11) is -3.67. The van der Waals surface area contributed by atoms with E-state index in [0.29, 0.717) is 19.1 Å². The van der Waals surface area contributed by atoms with E-state index < -0.39 is 10.1 Å². The summed E-state index contributed by atoms with van der Waals surface area (Å²) in [6, 6.07) is 24.4. The Bertz CT molecular complexity index is 1260. The number of hydrogen-bond acceptors (Lipinski definition) is 5. The topological polar surface area (TPSA) is 122 Å². The molecule has 0 radical (unpaired) electrons. The number of amides is 1. The van der Waals surface area contributed by atoms with E-state index in [4.69, 9.17) is 15.3 Å². The van der Waals surface area contributed by atoms with Crippen molar-refractivity contribution in [2.75, 3.05) is 11.6 Å². The predicted molar refractivity (Wildman–Crippen MR) is 124 cm³/mol. The zero-order chi connectivity index (χ0) is 22.4. The SMILES string of the molecule is CS(=O)(=O)O.NC(=O)CCc1ccc(Nc2c3ccccc3nc3ccccc23)cc1. The molecule has 0 atom stereocenters. The number of para-hydroxylation sites is 2. The quantitative estimate of drug-likeness (QED) is 0.320. The molecule has 0 spiro atoms. The van der Waals surface area contributed by atoms with E-state index in [-0.39, 0.29) is 5.91 Å².